The van der Waals surface area contributed by atoms with Gasteiger partial charge in [-0.15, -0.1) is 0 Å². The Morgan fingerprint density at radius 2 is 2.22 bits per heavy atom. The first-order chi connectivity index (χ1) is 8.40. The molecule has 1 aromatic carbocycles. The topological polar surface area (TPSA) is 69.6 Å². The first kappa shape index (κ1) is 12.7. The van der Waals surface area contributed by atoms with E-state index in [0.717, 1.165) is 11.3 Å². The molecule has 0 spiro atoms. The fourth-order valence-electron chi connectivity index (χ4n) is 2.08. The van der Waals surface area contributed by atoms with Gasteiger partial charge in [-0.25, -0.2) is 0 Å². The molecular formula is C12H13ClN2O3. The summed E-state index contributed by atoms with van der Waals surface area (Å²) in [6, 6.07) is 2.72. The number of carboxylic acids is 1. The van der Waals surface area contributed by atoms with E-state index in [9.17, 15) is 9.59 Å². The van der Waals surface area contributed by atoms with Gasteiger partial charge < -0.3 is 15.3 Å². The van der Waals surface area contributed by atoms with Crippen LogP contribution in [0.25, 0.3) is 0 Å². The standard InChI is InChI=1S/C12H13ClN2O3/c1-6-3-7(13)4-9-11(6)14-8(5-10(16)17)12(18)15(9)2/h3-4,8,14H,5H2,1-2H3,(H,16,17). The summed E-state index contributed by atoms with van der Waals surface area (Å²) in [7, 11) is 1.62. The zero-order valence-electron chi connectivity index (χ0n) is 10.0. The third-order valence-electron chi connectivity index (χ3n) is 2.97. The fraction of sp³-hybridized carbons (Fsp3) is 0.333. The van der Waals surface area contributed by atoms with Crippen molar-refractivity contribution in [1.29, 1.82) is 0 Å². The molecule has 0 fully saturated rings. The van der Waals surface area contributed by atoms with Gasteiger partial charge in [0.1, 0.15) is 6.04 Å². The number of nitrogens with one attached hydrogen (secondary N) is 1. The number of anilines is 2. The van der Waals surface area contributed by atoms with Crippen molar-refractivity contribution in [3.63, 3.8) is 0 Å². The quantitative estimate of drug-likeness (QED) is 0.859. The molecule has 18 heavy (non-hydrogen) atoms. The van der Waals surface area contributed by atoms with Crippen LogP contribution in [0.3, 0.4) is 0 Å². The lowest BCUT2D eigenvalue weighted by Crippen LogP contribution is -2.46. The van der Waals surface area contributed by atoms with Crippen molar-refractivity contribution in [2.75, 3.05) is 17.3 Å². The minimum absolute atomic E-state index is 0.245. The summed E-state index contributed by atoms with van der Waals surface area (Å²) >= 11 is 5.96. The van der Waals surface area contributed by atoms with Gasteiger partial charge in [0.05, 0.1) is 17.8 Å². The Balaban J connectivity index is 2.44. The first-order valence-electron chi connectivity index (χ1n) is 5.46. The number of fused-ring (bicyclic) bond motifs is 1. The van der Waals surface area contributed by atoms with Gasteiger partial charge >= 0.3 is 5.97 Å². The smallest absolute Gasteiger partial charge is 0.305 e. The van der Waals surface area contributed by atoms with Crippen LogP contribution >= 0.6 is 11.6 Å². The maximum atomic E-state index is 12.0. The number of amides is 1. The van der Waals surface area contributed by atoms with Crippen LogP contribution in [0.4, 0.5) is 11.4 Å². The van der Waals surface area contributed by atoms with Crippen molar-refractivity contribution >= 4 is 34.9 Å². The van der Waals surface area contributed by atoms with Crippen molar-refractivity contribution in [3.05, 3.63) is 22.7 Å². The molecule has 1 amide bonds. The molecule has 2 rings (SSSR count). The number of carbonyl (C=O) groups excluding carboxylic acids is 1. The van der Waals surface area contributed by atoms with Crippen molar-refractivity contribution < 1.29 is 14.7 Å². The second-order valence-electron chi connectivity index (χ2n) is 4.31. The Morgan fingerprint density at radius 3 is 2.83 bits per heavy atom. The average molecular weight is 269 g/mol. The Morgan fingerprint density at radius 1 is 1.56 bits per heavy atom. The number of aryl methyl sites for hydroxylation is 1. The molecule has 1 unspecified atom stereocenters. The highest BCUT2D eigenvalue weighted by Gasteiger charge is 2.32. The predicted octanol–water partition coefficient (Wildman–Crippen LogP) is 1.88. The van der Waals surface area contributed by atoms with E-state index in [2.05, 4.69) is 5.32 Å². The molecule has 1 aliphatic heterocycles. The minimum Gasteiger partial charge on any atom is -0.481 e. The molecule has 0 saturated heterocycles. The van der Waals surface area contributed by atoms with Crippen molar-refractivity contribution in [2.45, 2.75) is 19.4 Å². The highest BCUT2D eigenvalue weighted by Crippen LogP contribution is 2.36. The lowest BCUT2D eigenvalue weighted by atomic mass is 10.0. The summed E-state index contributed by atoms with van der Waals surface area (Å²) in [5, 5.41) is 12.3. The maximum Gasteiger partial charge on any atom is 0.305 e. The molecule has 0 aliphatic carbocycles. The molecule has 0 radical (unpaired) electrons. The molecule has 0 bridgehead atoms. The molecule has 6 heteroatoms. The zero-order chi connectivity index (χ0) is 13.4. The SMILES string of the molecule is Cc1cc(Cl)cc2c1NC(CC(=O)O)C(=O)N2C. The van der Waals surface area contributed by atoms with Gasteiger partial charge in [-0.2, -0.15) is 0 Å². The maximum absolute atomic E-state index is 12.0. The van der Waals surface area contributed by atoms with E-state index in [-0.39, 0.29) is 12.3 Å². The van der Waals surface area contributed by atoms with Gasteiger partial charge in [0.2, 0.25) is 5.91 Å². The third-order valence-corrected chi connectivity index (χ3v) is 3.19. The number of carboxylic acid groups (broad SMARTS) is 1. The number of halogens is 1. The summed E-state index contributed by atoms with van der Waals surface area (Å²) in [4.78, 5) is 24.2. The molecule has 1 atom stereocenters. The van der Waals surface area contributed by atoms with E-state index in [1.54, 1.807) is 19.2 Å². The second kappa shape index (κ2) is 4.49. The molecule has 2 N–H and O–H groups in total. The average Bonchev–Trinajstić information content (AvgIpc) is 2.26. The minimum atomic E-state index is -1.01. The lowest BCUT2D eigenvalue weighted by Gasteiger charge is -2.33. The van der Waals surface area contributed by atoms with Gasteiger partial charge in [-0.05, 0) is 24.6 Å². The number of likely N-dealkylation sites (N-methyl/N-ethyl adjacent to an activating group) is 1. The summed E-state index contributed by atoms with van der Waals surface area (Å²) in [6.07, 6.45) is -0.245. The van der Waals surface area contributed by atoms with Crippen molar-refractivity contribution in [2.24, 2.45) is 0 Å². The van der Waals surface area contributed by atoms with Crippen LogP contribution in [0.2, 0.25) is 5.02 Å². The molecular weight excluding hydrogens is 256 g/mol. The van der Waals surface area contributed by atoms with Gasteiger partial charge in [-0.1, -0.05) is 11.6 Å². The summed E-state index contributed by atoms with van der Waals surface area (Å²) in [5.41, 5.74) is 2.31. The first-order valence-corrected chi connectivity index (χ1v) is 5.84. The Hall–Kier alpha value is -1.75. The van der Waals surface area contributed by atoms with Crippen LogP contribution in [0.5, 0.6) is 0 Å². The Labute approximate surface area is 109 Å². The van der Waals surface area contributed by atoms with Crippen LogP contribution in [0.1, 0.15) is 12.0 Å². The summed E-state index contributed by atoms with van der Waals surface area (Å²) < 4.78 is 0. The van der Waals surface area contributed by atoms with E-state index >= 15 is 0 Å². The van der Waals surface area contributed by atoms with Crippen molar-refractivity contribution in [3.8, 4) is 0 Å². The van der Waals surface area contributed by atoms with E-state index in [1.165, 1.54) is 4.90 Å². The number of aliphatic carboxylic acids is 1. The number of rotatable bonds is 2. The van der Waals surface area contributed by atoms with Crippen LogP contribution in [0, 0.1) is 6.92 Å². The zero-order valence-corrected chi connectivity index (χ0v) is 10.8. The van der Waals surface area contributed by atoms with Gasteiger partial charge in [-0.3, -0.25) is 9.59 Å². The fourth-order valence-corrected chi connectivity index (χ4v) is 2.35. The monoisotopic (exact) mass is 268 g/mol. The molecule has 0 aromatic heterocycles. The number of carbonyl (C=O) groups is 2. The summed E-state index contributed by atoms with van der Waals surface area (Å²) in [5.74, 6) is -1.28. The van der Waals surface area contributed by atoms with Gasteiger partial charge in [0, 0.05) is 12.1 Å². The molecule has 96 valence electrons. The second-order valence-corrected chi connectivity index (χ2v) is 4.75. The molecule has 1 aliphatic rings. The number of benzene rings is 1. The molecule has 1 aromatic rings. The molecule has 5 nitrogen and oxygen atoms in total. The Kier molecular flexibility index (Phi) is 3.17. The van der Waals surface area contributed by atoms with Crippen LogP contribution in [0.15, 0.2) is 12.1 Å². The van der Waals surface area contributed by atoms with Crippen LogP contribution in [-0.4, -0.2) is 30.1 Å². The van der Waals surface area contributed by atoms with Crippen LogP contribution < -0.4 is 10.2 Å². The van der Waals surface area contributed by atoms with E-state index < -0.39 is 12.0 Å². The normalized spacial score (nSPS) is 18.3. The third kappa shape index (κ3) is 2.13. The van der Waals surface area contributed by atoms with Gasteiger partial charge in [0.15, 0.2) is 0 Å². The van der Waals surface area contributed by atoms with Gasteiger partial charge in [0.25, 0.3) is 0 Å². The molecule has 1 heterocycles. The number of hydrogen-bond donors (Lipinski definition) is 2. The van der Waals surface area contributed by atoms with E-state index in [4.69, 9.17) is 16.7 Å². The predicted molar refractivity (Wildman–Crippen MR) is 69.3 cm³/mol. The Bertz CT molecular complexity index is 530. The molecule has 0 saturated carbocycles. The van der Waals surface area contributed by atoms with E-state index in [0.29, 0.717) is 10.7 Å². The lowest BCUT2D eigenvalue weighted by molar-refractivity contribution is -0.138. The largest absolute Gasteiger partial charge is 0.481 e. The number of nitrogens with zero attached hydrogens (tertiary/aromatic N) is 1. The van der Waals surface area contributed by atoms with E-state index in [1.807, 2.05) is 6.92 Å². The van der Waals surface area contributed by atoms with Crippen molar-refractivity contribution in [1.82, 2.24) is 0 Å². The highest BCUT2D eigenvalue weighted by molar-refractivity contribution is 6.31. The number of hydrogen-bond acceptors (Lipinski definition) is 3. The van der Waals surface area contributed by atoms with Crippen LogP contribution in [-0.2, 0) is 9.59 Å². The highest BCUT2D eigenvalue weighted by atomic mass is 35.5. The summed E-state index contributed by atoms with van der Waals surface area (Å²) in [6.45, 7) is 1.86.